The minimum atomic E-state index is -1.04. The standard InChI is InChI=1S/C21H25N7O4/c1-22-19(29)18-12-28(26-25-18)13-21(31)7-9-27(10-8-21)20(30)17-11-16(23-24-17)14-3-5-15(32-2)6-4-14/h3-6,11-12,31H,7-10,13H2,1-2H3,(H,22,29)(H,23,24). The van der Waals surface area contributed by atoms with E-state index < -0.39 is 5.60 Å². The zero-order valence-electron chi connectivity index (χ0n) is 17.9. The van der Waals surface area contributed by atoms with Gasteiger partial charge in [0.05, 0.1) is 31.1 Å². The molecule has 1 aliphatic heterocycles. The summed E-state index contributed by atoms with van der Waals surface area (Å²) in [6.45, 7) is 0.983. The van der Waals surface area contributed by atoms with Gasteiger partial charge < -0.3 is 20.1 Å². The third-order valence-corrected chi connectivity index (χ3v) is 5.63. The first-order chi connectivity index (χ1) is 15.4. The van der Waals surface area contributed by atoms with Crippen LogP contribution >= 0.6 is 0 Å². The lowest BCUT2D eigenvalue weighted by atomic mass is 9.91. The summed E-state index contributed by atoms with van der Waals surface area (Å²) in [6.07, 6.45) is 2.26. The van der Waals surface area contributed by atoms with E-state index in [-0.39, 0.29) is 24.1 Å². The third-order valence-electron chi connectivity index (χ3n) is 5.63. The van der Waals surface area contributed by atoms with Crippen LogP contribution in [0.4, 0.5) is 0 Å². The number of piperidine rings is 1. The van der Waals surface area contributed by atoms with E-state index in [2.05, 4.69) is 25.8 Å². The summed E-state index contributed by atoms with van der Waals surface area (Å²) in [5.74, 6) is 0.247. The number of nitrogens with zero attached hydrogens (tertiary/aromatic N) is 5. The normalized spacial score (nSPS) is 15.4. The van der Waals surface area contributed by atoms with Crippen molar-refractivity contribution in [3.8, 4) is 17.0 Å². The van der Waals surface area contributed by atoms with Crippen LogP contribution in [0.5, 0.6) is 5.75 Å². The Labute approximate surface area is 184 Å². The Bertz CT molecular complexity index is 1100. The smallest absolute Gasteiger partial charge is 0.273 e. The number of hydrogen-bond acceptors (Lipinski definition) is 7. The van der Waals surface area contributed by atoms with Crippen LogP contribution in [0.25, 0.3) is 11.3 Å². The fraction of sp³-hybridized carbons (Fsp3) is 0.381. The highest BCUT2D eigenvalue weighted by Gasteiger charge is 2.35. The van der Waals surface area contributed by atoms with Crippen LogP contribution in [0.1, 0.15) is 33.8 Å². The molecule has 2 amide bonds. The molecule has 11 heteroatoms. The third kappa shape index (κ3) is 4.47. The molecule has 3 aromatic rings. The predicted octanol–water partition coefficient (Wildman–Crippen LogP) is 0.704. The molecule has 0 aliphatic carbocycles. The lowest BCUT2D eigenvalue weighted by molar-refractivity contribution is -0.0319. The Morgan fingerprint density at radius 1 is 1.25 bits per heavy atom. The number of aromatic nitrogens is 5. The largest absolute Gasteiger partial charge is 0.497 e. The monoisotopic (exact) mass is 439 g/mol. The maximum Gasteiger partial charge on any atom is 0.273 e. The zero-order valence-corrected chi connectivity index (χ0v) is 17.9. The molecule has 0 atom stereocenters. The van der Waals surface area contributed by atoms with E-state index in [9.17, 15) is 14.7 Å². The number of likely N-dealkylation sites (tertiary alicyclic amines) is 1. The molecule has 0 bridgehead atoms. The summed E-state index contributed by atoms with van der Waals surface area (Å²) in [5, 5.41) is 28.2. The van der Waals surface area contributed by atoms with Gasteiger partial charge in [-0.15, -0.1) is 5.10 Å². The number of hydrogen-bond donors (Lipinski definition) is 3. The van der Waals surface area contributed by atoms with E-state index in [0.29, 0.717) is 37.3 Å². The van der Waals surface area contributed by atoms with E-state index in [4.69, 9.17) is 4.74 Å². The second-order valence-electron chi connectivity index (χ2n) is 7.79. The number of carbonyl (C=O) groups excluding carboxylic acids is 2. The van der Waals surface area contributed by atoms with Gasteiger partial charge in [-0.25, -0.2) is 4.68 Å². The Hall–Kier alpha value is -3.73. The van der Waals surface area contributed by atoms with Gasteiger partial charge in [-0.05, 0) is 43.2 Å². The second kappa shape index (κ2) is 8.79. The van der Waals surface area contributed by atoms with Crippen LogP contribution in [0, 0.1) is 0 Å². The van der Waals surface area contributed by atoms with Crippen LogP contribution in [0.2, 0.25) is 0 Å². The molecule has 1 aromatic carbocycles. The van der Waals surface area contributed by atoms with Crippen LogP contribution < -0.4 is 10.1 Å². The number of ether oxygens (including phenoxy) is 1. The summed E-state index contributed by atoms with van der Waals surface area (Å²) in [4.78, 5) is 26.2. The maximum atomic E-state index is 12.9. The first-order valence-corrected chi connectivity index (χ1v) is 10.2. The first-order valence-electron chi connectivity index (χ1n) is 10.2. The van der Waals surface area contributed by atoms with E-state index in [1.165, 1.54) is 17.9 Å². The average molecular weight is 439 g/mol. The number of carbonyl (C=O) groups is 2. The number of rotatable bonds is 6. The van der Waals surface area contributed by atoms with E-state index in [1.807, 2.05) is 24.3 Å². The van der Waals surface area contributed by atoms with Gasteiger partial charge in [-0.2, -0.15) is 5.10 Å². The van der Waals surface area contributed by atoms with Gasteiger partial charge in [-0.3, -0.25) is 14.7 Å². The van der Waals surface area contributed by atoms with Crippen molar-refractivity contribution in [2.75, 3.05) is 27.2 Å². The van der Waals surface area contributed by atoms with Gasteiger partial charge in [0, 0.05) is 25.7 Å². The molecule has 0 saturated carbocycles. The molecule has 32 heavy (non-hydrogen) atoms. The molecule has 0 radical (unpaired) electrons. The van der Waals surface area contributed by atoms with Crippen molar-refractivity contribution in [2.45, 2.75) is 25.0 Å². The molecule has 3 N–H and O–H groups in total. The van der Waals surface area contributed by atoms with Gasteiger partial charge >= 0.3 is 0 Å². The summed E-state index contributed by atoms with van der Waals surface area (Å²) in [6, 6.07) is 9.15. The molecular formula is C21H25N7O4. The number of aliphatic hydroxyl groups is 1. The van der Waals surface area contributed by atoms with E-state index in [0.717, 1.165) is 11.3 Å². The molecule has 1 saturated heterocycles. The van der Waals surface area contributed by atoms with Gasteiger partial charge in [0.1, 0.15) is 11.4 Å². The molecule has 168 valence electrons. The summed E-state index contributed by atoms with van der Waals surface area (Å²) >= 11 is 0. The Kier molecular flexibility index (Phi) is 5.91. The summed E-state index contributed by atoms with van der Waals surface area (Å²) in [7, 11) is 3.12. The Morgan fingerprint density at radius 3 is 2.62 bits per heavy atom. The lowest BCUT2D eigenvalue weighted by Crippen LogP contribution is -2.48. The van der Waals surface area contributed by atoms with Gasteiger partial charge in [-0.1, -0.05) is 5.21 Å². The van der Waals surface area contributed by atoms with Gasteiger partial charge in [0.15, 0.2) is 5.69 Å². The fourth-order valence-electron chi connectivity index (χ4n) is 3.70. The Morgan fingerprint density at radius 2 is 1.97 bits per heavy atom. The molecule has 3 heterocycles. The summed E-state index contributed by atoms with van der Waals surface area (Å²) in [5.41, 5.74) is 1.09. The molecule has 11 nitrogen and oxygen atoms in total. The van der Waals surface area contributed by atoms with Crippen molar-refractivity contribution in [3.63, 3.8) is 0 Å². The van der Waals surface area contributed by atoms with Crippen LogP contribution in [-0.4, -0.2) is 79.9 Å². The second-order valence-corrected chi connectivity index (χ2v) is 7.79. The van der Waals surface area contributed by atoms with E-state index >= 15 is 0 Å². The Balaban J connectivity index is 1.36. The average Bonchev–Trinajstić information content (AvgIpc) is 3.48. The van der Waals surface area contributed by atoms with Gasteiger partial charge in [0.2, 0.25) is 0 Å². The summed E-state index contributed by atoms with van der Waals surface area (Å²) < 4.78 is 6.62. The van der Waals surface area contributed by atoms with Crippen molar-refractivity contribution in [1.29, 1.82) is 0 Å². The molecular weight excluding hydrogens is 414 g/mol. The molecule has 1 aliphatic rings. The number of methoxy groups -OCH3 is 1. The molecule has 0 spiro atoms. The number of nitrogens with one attached hydrogen (secondary N) is 2. The highest BCUT2D eigenvalue weighted by Crippen LogP contribution is 2.26. The quantitative estimate of drug-likeness (QED) is 0.514. The van der Waals surface area contributed by atoms with Crippen LogP contribution in [0.15, 0.2) is 36.5 Å². The number of amides is 2. The number of aromatic amines is 1. The molecule has 0 unspecified atom stereocenters. The minimum Gasteiger partial charge on any atom is -0.497 e. The van der Waals surface area contributed by atoms with Crippen molar-refractivity contribution >= 4 is 11.8 Å². The lowest BCUT2D eigenvalue weighted by Gasteiger charge is -2.37. The maximum absolute atomic E-state index is 12.9. The van der Waals surface area contributed by atoms with Crippen LogP contribution in [-0.2, 0) is 6.54 Å². The van der Waals surface area contributed by atoms with Crippen molar-refractivity contribution in [2.24, 2.45) is 0 Å². The predicted molar refractivity (Wildman–Crippen MR) is 114 cm³/mol. The van der Waals surface area contributed by atoms with Crippen molar-refractivity contribution in [3.05, 3.63) is 47.9 Å². The SMILES string of the molecule is CNC(=O)c1cn(CC2(O)CCN(C(=O)c3cc(-c4ccc(OC)cc4)n[nH]3)CC2)nn1. The zero-order chi connectivity index (χ0) is 22.7. The van der Waals surface area contributed by atoms with Crippen molar-refractivity contribution < 1.29 is 19.4 Å². The molecule has 1 fully saturated rings. The minimum absolute atomic E-state index is 0.165. The number of H-pyrrole nitrogens is 1. The fourth-order valence-corrected chi connectivity index (χ4v) is 3.70. The van der Waals surface area contributed by atoms with E-state index in [1.54, 1.807) is 18.1 Å². The first kappa shape index (κ1) is 21.5. The van der Waals surface area contributed by atoms with Crippen molar-refractivity contribution in [1.82, 2.24) is 35.4 Å². The molecule has 4 rings (SSSR count). The highest BCUT2D eigenvalue weighted by atomic mass is 16.5. The van der Waals surface area contributed by atoms with Crippen LogP contribution in [0.3, 0.4) is 0 Å². The number of benzene rings is 1. The topological polar surface area (TPSA) is 138 Å². The highest BCUT2D eigenvalue weighted by molar-refractivity contribution is 5.93. The molecule has 2 aromatic heterocycles. The van der Waals surface area contributed by atoms with Gasteiger partial charge in [0.25, 0.3) is 11.8 Å².